The number of benzene rings is 1. The molecule has 0 bridgehead atoms. The van der Waals surface area contributed by atoms with Crippen LogP contribution in [0.15, 0.2) is 29.5 Å². The molecule has 0 radical (unpaired) electrons. The Balaban J connectivity index is 2.08. The van der Waals surface area contributed by atoms with E-state index in [9.17, 15) is 9.59 Å². The van der Waals surface area contributed by atoms with Crippen molar-refractivity contribution in [2.24, 2.45) is 5.92 Å². The molecule has 7 heteroatoms. The van der Waals surface area contributed by atoms with Gasteiger partial charge in [0.1, 0.15) is 0 Å². The molecular weight excluding hydrogens is 334 g/mol. The summed E-state index contributed by atoms with van der Waals surface area (Å²) in [5.41, 5.74) is 2.05. The number of carbonyl (C=O) groups is 2. The fraction of sp³-hybridized carbons (Fsp3) is 0.474. The van der Waals surface area contributed by atoms with E-state index in [1.165, 1.54) is 4.90 Å². The van der Waals surface area contributed by atoms with Crippen molar-refractivity contribution in [1.29, 1.82) is 0 Å². The number of hydrogen-bond acceptors (Lipinski definition) is 4. The molecule has 26 heavy (non-hydrogen) atoms. The van der Waals surface area contributed by atoms with Gasteiger partial charge >= 0.3 is 6.03 Å². The number of nitrogens with one attached hydrogen (secondary N) is 1. The smallest absolute Gasteiger partial charge is 0.322 e. The molecule has 0 aliphatic carbocycles. The molecule has 3 amide bonds. The first-order valence-electron chi connectivity index (χ1n) is 8.66. The molecule has 2 aliphatic heterocycles. The Hall–Kier alpha value is -2.70. The number of methoxy groups -OCH3 is 2. The summed E-state index contributed by atoms with van der Waals surface area (Å²) < 4.78 is 10.9. The molecule has 0 aromatic heterocycles. The number of ether oxygens (including phenoxy) is 2. The molecule has 1 aromatic carbocycles. The van der Waals surface area contributed by atoms with Crippen molar-refractivity contribution in [3.05, 3.63) is 35.0 Å². The maximum Gasteiger partial charge on any atom is 0.322 e. The Morgan fingerprint density at radius 2 is 1.96 bits per heavy atom. The molecule has 2 aliphatic rings. The topological polar surface area (TPSA) is 71.1 Å². The normalized spacial score (nSPS) is 19.8. The van der Waals surface area contributed by atoms with Crippen LogP contribution in [0.1, 0.15) is 25.5 Å². The molecule has 3 rings (SSSR count). The van der Waals surface area contributed by atoms with E-state index >= 15 is 0 Å². The van der Waals surface area contributed by atoms with Crippen LogP contribution in [0.4, 0.5) is 4.79 Å². The number of carbonyl (C=O) groups excluding carboxylic acids is 2. The lowest BCUT2D eigenvalue weighted by Crippen LogP contribution is -2.45. The Kier molecular flexibility index (Phi) is 4.80. The summed E-state index contributed by atoms with van der Waals surface area (Å²) >= 11 is 0. The maximum atomic E-state index is 13.1. The van der Waals surface area contributed by atoms with E-state index in [0.29, 0.717) is 41.6 Å². The summed E-state index contributed by atoms with van der Waals surface area (Å²) in [5.74, 6) is 1.38. The van der Waals surface area contributed by atoms with Crippen molar-refractivity contribution in [3.63, 3.8) is 0 Å². The minimum Gasteiger partial charge on any atom is -0.493 e. The number of likely N-dealkylation sites (N-methyl/N-ethyl adjacent to an activating group) is 1. The quantitative estimate of drug-likeness (QED) is 0.874. The summed E-state index contributed by atoms with van der Waals surface area (Å²) in [4.78, 5) is 28.9. The zero-order valence-electron chi connectivity index (χ0n) is 15.8. The monoisotopic (exact) mass is 359 g/mol. The molecule has 7 nitrogen and oxygen atoms in total. The van der Waals surface area contributed by atoms with Gasteiger partial charge in [-0.05, 0) is 12.0 Å². The highest BCUT2D eigenvalue weighted by Crippen LogP contribution is 2.42. The number of urea groups is 1. The summed E-state index contributed by atoms with van der Waals surface area (Å²) in [5, 5.41) is 2.93. The largest absolute Gasteiger partial charge is 0.493 e. The van der Waals surface area contributed by atoms with Crippen molar-refractivity contribution in [1.82, 2.24) is 15.1 Å². The Morgan fingerprint density at radius 1 is 1.23 bits per heavy atom. The molecule has 0 saturated heterocycles. The standard InChI is InChI=1S/C19H25N3O4/c1-11(2)9-22-10-13-15(18(22)23)16(20-19(24)21(13)3)12-7-6-8-14(25-4)17(12)26-5/h6-8,11,16H,9-10H2,1-5H3,(H,20,24)/t16-/m1/s1. The van der Waals surface area contributed by atoms with E-state index in [1.807, 2.05) is 12.1 Å². The van der Waals surface area contributed by atoms with Gasteiger partial charge in [0, 0.05) is 19.2 Å². The van der Waals surface area contributed by atoms with Crippen LogP contribution >= 0.6 is 0 Å². The molecule has 1 atom stereocenters. The van der Waals surface area contributed by atoms with Crippen LogP contribution in [0, 0.1) is 5.92 Å². The molecule has 0 fully saturated rings. The van der Waals surface area contributed by atoms with Crippen LogP contribution in [0.2, 0.25) is 0 Å². The van der Waals surface area contributed by atoms with Crippen LogP contribution in [0.3, 0.4) is 0 Å². The summed E-state index contributed by atoms with van der Waals surface area (Å²) in [6.07, 6.45) is 0. The Bertz CT molecular complexity index is 772. The van der Waals surface area contributed by atoms with Gasteiger partial charge in [0.05, 0.1) is 38.1 Å². The number of rotatable bonds is 5. The molecule has 0 spiro atoms. The predicted octanol–water partition coefficient (Wildman–Crippen LogP) is 2.15. The first-order valence-corrected chi connectivity index (χ1v) is 8.66. The SMILES string of the molecule is COc1cccc([C@H]2NC(=O)N(C)C3=C2C(=O)N(CC(C)C)C3)c1OC. The number of amides is 3. The van der Waals surface area contributed by atoms with E-state index in [2.05, 4.69) is 19.2 Å². The fourth-order valence-corrected chi connectivity index (χ4v) is 3.58. The molecular formula is C19H25N3O4. The molecule has 0 saturated carbocycles. The number of nitrogens with zero attached hydrogens (tertiary/aromatic N) is 2. The Morgan fingerprint density at radius 3 is 2.58 bits per heavy atom. The van der Waals surface area contributed by atoms with E-state index in [4.69, 9.17) is 9.47 Å². The van der Waals surface area contributed by atoms with Crippen LogP contribution < -0.4 is 14.8 Å². The lowest BCUT2D eigenvalue weighted by molar-refractivity contribution is -0.126. The first kappa shape index (κ1) is 18.1. The van der Waals surface area contributed by atoms with Gasteiger partial charge < -0.3 is 19.7 Å². The van der Waals surface area contributed by atoms with Gasteiger partial charge in [0.2, 0.25) is 0 Å². The van der Waals surface area contributed by atoms with Gasteiger partial charge in [-0.1, -0.05) is 26.0 Å². The fourth-order valence-electron chi connectivity index (χ4n) is 3.58. The summed E-state index contributed by atoms with van der Waals surface area (Å²) in [7, 11) is 4.80. The van der Waals surface area contributed by atoms with Crippen LogP contribution in [0.25, 0.3) is 0 Å². The third kappa shape index (κ3) is 2.87. The van der Waals surface area contributed by atoms with Gasteiger partial charge in [-0.25, -0.2) is 4.79 Å². The predicted molar refractivity (Wildman–Crippen MR) is 97.0 cm³/mol. The molecule has 2 heterocycles. The first-order chi connectivity index (χ1) is 12.4. The van der Waals surface area contributed by atoms with Gasteiger partial charge in [0.15, 0.2) is 11.5 Å². The molecule has 140 valence electrons. The Labute approximate surface area is 153 Å². The second-order valence-electron chi connectivity index (χ2n) is 6.96. The average Bonchev–Trinajstić information content (AvgIpc) is 2.93. The zero-order chi connectivity index (χ0) is 19.0. The van der Waals surface area contributed by atoms with Gasteiger partial charge in [0.25, 0.3) is 5.91 Å². The lowest BCUT2D eigenvalue weighted by Gasteiger charge is -2.31. The van der Waals surface area contributed by atoms with E-state index in [0.717, 1.165) is 5.70 Å². The van der Waals surface area contributed by atoms with Crippen molar-refractivity contribution in [2.75, 3.05) is 34.4 Å². The van der Waals surface area contributed by atoms with E-state index < -0.39 is 6.04 Å². The van der Waals surface area contributed by atoms with Crippen molar-refractivity contribution in [3.8, 4) is 11.5 Å². The third-order valence-corrected chi connectivity index (χ3v) is 4.77. The van der Waals surface area contributed by atoms with Crippen molar-refractivity contribution >= 4 is 11.9 Å². The van der Waals surface area contributed by atoms with Crippen LogP contribution in [-0.4, -0.2) is 56.1 Å². The van der Waals surface area contributed by atoms with Crippen LogP contribution in [-0.2, 0) is 4.79 Å². The third-order valence-electron chi connectivity index (χ3n) is 4.77. The van der Waals surface area contributed by atoms with Gasteiger partial charge in [-0.2, -0.15) is 0 Å². The highest BCUT2D eigenvalue weighted by molar-refractivity contribution is 6.01. The summed E-state index contributed by atoms with van der Waals surface area (Å²) in [6.45, 7) is 5.23. The van der Waals surface area contributed by atoms with Crippen molar-refractivity contribution < 1.29 is 19.1 Å². The summed E-state index contributed by atoms with van der Waals surface area (Å²) in [6, 6.07) is 4.66. The van der Waals surface area contributed by atoms with Crippen LogP contribution in [0.5, 0.6) is 11.5 Å². The number of para-hydroxylation sites is 1. The zero-order valence-corrected chi connectivity index (χ0v) is 15.8. The second kappa shape index (κ2) is 6.90. The molecule has 1 N–H and O–H groups in total. The minimum absolute atomic E-state index is 0.0459. The minimum atomic E-state index is -0.566. The highest BCUT2D eigenvalue weighted by Gasteiger charge is 2.43. The second-order valence-corrected chi connectivity index (χ2v) is 6.96. The van der Waals surface area contributed by atoms with E-state index in [1.54, 1.807) is 32.2 Å². The van der Waals surface area contributed by atoms with Crippen molar-refractivity contribution in [2.45, 2.75) is 19.9 Å². The average molecular weight is 359 g/mol. The van der Waals surface area contributed by atoms with Gasteiger partial charge in [-0.3, -0.25) is 9.69 Å². The van der Waals surface area contributed by atoms with E-state index in [-0.39, 0.29) is 11.9 Å². The lowest BCUT2D eigenvalue weighted by atomic mass is 9.94. The van der Waals surface area contributed by atoms with Gasteiger partial charge in [-0.15, -0.1) is 0 Å². The maximum absolute atomic E-state index is 13.1. The number of hydrogen-bond donors (Lipinski definition) is 1. The molecule has 0 unspecified atom stereocenters. The highest BCUT2D eigenvalue weighted by atomic mass is 16.5. The molecule has 1 aromatic rings.